The van der Waals surface area contributed by atoms with Crippen molar-refractivity contribution in [3.8, 4) is 10.4 Å². The molecule has 2 N–H and O–H groups in total. The van der Waals surface area contributed by atoms with Crippen molar-refractivity contribution in [2.24, 2.45) is 0 Å². The van der Waals surface area contributed by atoms with Gasteiger partial charge in [-0.15, -0.1) is 0 Å². The first-order valence-corrected chi connectivity index (χ1v) is 6.40. The Labute approximate surface area is 115 Å². The minimum absolute atomic E-state index is 0.250. The molecule has 0 aliphatic carbocycles. The van der Waals surface area contributed by atoms with E-state index in [0.29, 0.717) is 16.6 Å². The lowest BCUT2D eigenvalue weighted by atomic mass is 10.1. The van der Waals surface area contributed by atoms with Crippen LogP contribution in [-0.2, 0) is 16.1 Å². The average Bonchev–Trinajstić information content (AvgIpc) is 2.81. The van der Waals surface area contributed by atoms with Crippen LogP contribution in [0.4, 0.5) is 5.13 Å². The molecular weight excluding hydrogens is 264 g/mol. The highest BCUT2D eigenvalue weighted by atomic mass is 32.1. The Morgan fingerprint density at radius 3 is 2.89 bits per heavy atom. The van der Waals surface area contributed by atoms with Crippen LogP contribution in [0.1, 0.15) is 16.1 Å². The fourth-order valence-corrected chi connectivity index (χ4v) is 2.55. The Bertz CT molecular complexity index is 595. The summed E-state index contributed by atoms with van der Waals surface area (Å²) >= 11 is 1.26. The molecule has 0 unspecified atom stereocenters. The zero-order valence-corrected chi connectivity index (χ0v) is 11.5. The first kappa shape index (κ1) is 13.5. The van der Waals surface area contributed by atoms with Crippen molar-refractivity contribution >= 4 is 22.4 Å². The molecule has 0 saturated heterocycles. The van der Waals surface area contributed by atoms with Crippen molar-refractivity contribution < 1.29 is 14.3 Å². The van der Waals surface area contributed by atoms with Gasteiger partial charge in [-0.3, -0.25) is 0 Å². The van der Waals surface area contributed by atoms with Crippen LogP contribution in [0.15, 0.2) is 24.3 Å². The number of methoxy groups -OCH3 is 2. The largest absolute Gasteiger partial charge is 0.464 e. The minimum Gasteiger partial charge on any atom is -0.464 e. The van der Waals surface area contributed by atoms with E-state index in [0.717, 1.165) is 11.1 Å². The lowest BCUT2D eigenvalue weighted by Gasteiger charge is -2.04. The number of benzene rings is 1. The van der Waals surface area contributed by atoms with Gasteiger partial charge in [0.2, 0.25) is 0 Å². The van der Waals surface area contributed by atoms with Gasteiger partial charge in [-0.05, 0) is 17.2 Å². The van der Waals surface area contributed by atoms with Crippen molar-refractivity contribution in [3.05, 3.63) is 35.5 Å². The Morgan fingerprint density at radius 1 is 1.42 bits per heavy atom. The number of thiazole rings is 1. The standard InChI is InChI=1S/C13H14N2O3S/c1-17-7-8-4-3-5-9(6-8)11-10(12(16)18-2)15-13(14)19-11/h3-6H,7H2,1-2H3,(H2,14,15). The predicted molar refractivity (Wildman–Crippen MR) is 74.0 cm³/mol. The molecule has 2 aromatic rings. The minimum atomic E-state index is -0.486. The molecule has 5 nitrogen and oxygen atoms in total. The van der Waals surface area contributed by atoms with Gasteiger partial charge in [0.1, 0.15) is 0 Å². The summed E-state index contributed by atoms with van der Waals surface area (Å²) in [6, 6.07) is 7.71. The van der Waals surface area contributed by atoms with E-state index in [1.165, 1.54) is 18.4 Å². The van der Waals surface area contributed by atoms with Crippen LogP contribution in [0.3, 0.4) is 0 Å². The molecule has 1 heterocycles. The fraction of sp³-hybridized carbons (Fsp3) is 0.231. The Kier molecular flexibility index (Phi) is 4.13. The highest BCUT2D eigenvalue weighted by Crippen LogP contribution is 2.32. The van der Waals surface area contributed by atoms with Crippen LogP contribution in [0.2, 0.25) is 0 Å². The van der Waals surface area contributed by atoms with Crippen molar-refractivity contribution in [2.45, 2.75) is 6.61 Å². The molecule has 100 valence electrons. The second kappa shape index (κ2) is 5.81. The molecule has 2 rings (SSSR count). The maximum absolute atomic E-state index is 11.7. The number of hydrogen-bond acceptors (Lipinski definition) is 6. The Hall–Kier alpha value is -1.92. The zero-order chi connectivity index (χ0) is 13.8. The van der Waals surface area contributed by atoms with E-state index >= 15 is 0 Å². The number of carbonyl (C=O) groups excluding carboxylic acids is 1. The van der Waals surface area contributed by atoms with Gasteiger partial charge in [-0.25, -0.2) is 9.78 Å². The average molecular weight is 278 g/mol. The molecule has 19 heavy (non-hydrogen) atoms. The third-order valence-corrected chi connectivity index (χ3v) is 3.46. The second-order valence-electron chi connectivity index (χ2n) is 3.85. The van der Waals surface area contributed by atoms with Gasteiger partial charge < -0.3 is 15.2 Å². The summed E-state index contributed by atoms with van der Waals surface area (Å²) in [7, 11) is 2.96. The number of nitrogen functional groups attached to an aromatic ring is 1. The van der Waals surface area contributed by atoms with E-state index in [-0.39, 0.29) is 5.69 Å². The van der Waals surface area contributed by atoms with Gasteiger partial charge in [0.15, 0.2) is 10.8 Å². The SMILES string of the molecule is COCc1cccc(-c2sc(N)nc2C(=O)OC)c1. The quantitative estimate of drug-likeness (QED) is 0.869. The molecule has 1 aromatic carbocycles. The van der Waals surface area contributed by atoms with Crippen LogP contribution in [0, 0.1) is 0 Å². The molecule has 0 atom stereocenters. The van der Waals surface area contributed by atoms with Crippen LogP contribution in [0.25, 0.3) is 10.4 Å². The number of nitrogens with two attached hydrogens (primary N) is 1. The highest BCUT2D eigenvalue weighted by Gasteiger charge is 2.19. The van der Waals surface area contributed by atoms with E-state index in [1.54, 1.807) is 7.11 Å². The van der Waals surface area contributed by atoms with Gasteiger partial charge in [0.05, 0.1) is 18.6 Å². The Balaban J connectivity index is 2.46. The molecule has 0 aliphatic rings. The van der Waals surface area contributed by atoms with Crippen LogP contribution in [-0.4, -0.2) is 25.2 Å². The van der Waals surface area contributed by atoms with Crippen LogP contribution < -0.4 is 5.73 Å². The molecule has 0 radical (unpaired) electrons. The normalized spacial score (nSPS) is 10.4. The summed E-state index contributed by atoms with van der Waals surface area (Å²) < 4.78 is 9.81. The molecular formula is C13H14N2O3S. The predicted octanol–water partition coefficient (Wildman–Crippen LogP) is 2.33. The lowest BCUT2D eigenvalue weighted by Crippen LogP contribution is -2.03. The molecule has 0 fully saturated rings. The number of hydrogen-bond donors (Lipinski definition) is 1. The molecule has 1 aromatic heterocycles. The van der Waals surface area contributed by atoms with Gasteiger partial charge in [0, 0.05) is 7.11 Å². The number of rotatable bonds is 4. The van der Waals surface area contributed by atoms with E-state index < -0.39 is 5.97 Å². The van der Waals surface area contributed by atoms with E-state index in [2.05, 4.69) is 4.98 Å². The monoisotopic (exact) mass is 278 g/mol. The number of esters is 1. The second-order valence-corrected chi connectivity index (χ2v) is 4.89. The number of nitrogens with zero attached hydrogens (tertiary/aromatic N) is 1. The third kappa shape index (κ3) is 2.91. The fourth-order valence-electron chi connectivity index (χ4n) is 1.74. The topological polar surface area (TPSA) is 74.4 Å². The van der Waals surface area contributed by atoms with E-state index in [9.17, 15) is 4.79 Å². The van der Waals surface area contributed by atoms with Crippen molar-refractivity contribution in [1.29, 1.82) is 0 Å². The smallest absolute Gasteiger partial charge is 0.358 e. The summed E-state index contributed by atoms with van der Waals surface area (Å²) in [5.41, 5.74) is 7.83. The molecule has 6 heteroatoms. The molecule has 0 aliphatic heterocycles. The van der Waals surface area contributed by atoms with Gasteiger partial charge in [-0.2, -0.15) is 0 Å². The lowest BCUT2D eigenvalue weighted by molar-refractivity contribution is 0.0596. The summed E-state index contributed by atoms with van der Waals surface area (Å²) in [5, 5.41) is 0.340. The van der Waals surface area contributed by atoms with Gasteiger partial charge in [-0.1, -0.05) is 29.5 Å². The first-order valence-electron chi connectivity index (χ1n) is 5.58. The van der Waals surface area contributed by atoms with E-state index in [4.69, 9.17) is 15.2 Å². The summed E-state index contributed by atoms with van der Waals surface area (Å²) in [6.07, 6.45) is 0. The molecule has 0 bridgehead atoms. The summed E-state index contributed by atoms with van der Waals surface area (Å²) in [5.74, 6) is -0.486. The van der Waals surface area contributed by atoms with E-state index in [1.807, 2.05) is 24.3 Å². The van der Waals surface area contributed by atoms with Crippen molar-refractivity contribution in [1.82, 2.24) is 4.98 Å². The number of carbonyl (C=O) groups is 1. The summed E-state index contributed by atoms with van der Waals surface area (Å²) in [6.45, 7) is 0.510. The summed E-state index contributed by atoms with van der Waals surface area (Å²) in [4.78, 5) is 16.4. The third-order valence-electron chi connectivity index (χ3n) is 2.52. The number of aromatic nitrogens is 1. The van der Waals surface area contributed by atoms with Crippen molar-refractivity contribution in [2.75, 3.05) is 20.0 Å². The zero-order valence-electron chi connectivity index (χ0n) is 10.7. The first-order chi connectivity index (χ1) is 9.15. The van der Waals surface area contributed by atoms with Crippen LogP contribution in [0.5, 0.6) is 0 Å². The Morgan fingerprint density at radius 2 is 2.21 bits per heavy atom. The molecule has 0 spiro atoms. The molecule has 0 amide bonds. The maximum atomic E-state index is 11.7. The van der Waals surface area contributed by atoms with Crippen molar-refractivity contribution in [3.63, 3.8) is 0 Å². The number of ether oxygens (including phenoxy) is 2. The van der Waals surface area contributed by atoms with Crippen LogP contribution >= 0.6 is 11.3 Å². The highest BCUT2D eigenvalue weighted by molar-refractivity contribution is 7.19. The van der Waals surface area contributed by atoms with Gasteiger partial charge in [0.25, 0.3) is 0 Å². The number of anilines is 1. The molecule has 0 saturated carbocycles. The van der Waals surface area contributed by atoms with Gasteiger partial charge >= 0.3 is 5.97 Å². The maximum Gasteiger partial charge on any atom is 0.358 e.